The number of amides is 1. The molecule has 0 fully saturated rings. The third-order valence-electron chi connectivity index (χ3n) is 5.74. The van der Waals surface area contributed by atoms with Crippen LogP contribution in [0.1, 0.15) is 29.4 Å². The van der Waals surface area contributed by atoms with Crippen molar-refractivity contribution in [3.05, 3.63) is 59.4 Å². The molecule has 0 radical (unpaired) electrons. The Morgan fingerprint density at radius 3 is 2.94 bits per heavy atom. The van der Waals surface area contributed by atoms with Crippen molar-refractivity contribution in [2.75, 3.05) is 26.1 Å². The Balaban J connectivity index is 1.40. The fourth-order valence-corrected chi connectivity index (χ4v) is 4.04. The third-order valence-corrected chi connectivity index (χ3v) is 5.74. The van der Waals surface area contributed by atoms with Gasteiger partial charge in [-0.3, -0.25) is 9.59 Å². The first-order valence-corrected chi connectivity index (χ1v) is 10.4. The van der Waals surface area contributed by atoms with Crippen LogP contribution < -0.4 is 5.32 Å². The van der Waals surface area contributed by atoms with E-state index in [1.165, 1.54) is 7.11 Å². The van der Waals surface area contributed by atoms with Crippen LogP contribution in [0.4, 0.5) is 5.69 Å². The summed E-state index contributed by atoms with van der Waals surface area (Å²) in [5, 5.41) is 3.18. The van der Waals surface area contributed by atoms with Gasteiger partial charge < -0.3 is 24.7 Å². The number of carbonyl (C=O) groups is 2. The number of fused-ring (bicyclic) bond motifs is 2. The Hall–Kier alpha value is -3.88. The Morgan fingerprint density at radius 1 is 1.28 bits per heavy atom. The van der Waals surface area contributed by atoms with E-state index in [0.29, 0.717) is 19.0 Å². The Labute approximate surface area is 184 Å². The van der Waals surface area contributed by atoms with Crippen LogP contribution in [0, 0.1) is 0 Å². The average molecular weight is 433 g/mol. The number of imidazole rings is 1. The lowest BCUT2D eigenvalue weighted by Crippen LogP contribution is -2.39. The minimum Gasteiger partial charge on any atom is -0.475 e. The summed E-state index contributed by atoms with van der Waals surface area (Å²) >= 11 is 0. The van der Waals surface area contributed by atoms with Crippen molar-refractivity contribution in [1.29, 1.82) is 0 Å². The van der Waals surface area contributed by atoms with E-state index >= 15 is 0 Å². The number of nitrogens with zero attached hydrogens (tertiary/aromatic N) is 3. The molecule has 9 nitrogen and oxygen atoms in total. The molecule has 2 atom stereocenters. The number of esters is 1. The first-order chi connectivity index (χ1) is 15.5. The molecule has 3 aromatic rings. The second-order valence-corrected chi connectivity index (χ2v) is 7.94. The predicted octanol–water partition coefficient (Wildman–Crippen LogP) is 2.40. The van der Waals surface area contributed by atoms with E-state index in [9.17, 15) is 9.59 Å². The normalized spacial score (nSPS) is 20.2. The lowest BCUT2D eigenvalue weighted by Gasteiger charge is -2.19. The molecule has 1 aromatic heterocycles. The van der Waals surface area contributed by atoms with Crippen molar-refractivity contribution >= 4 is 34.5 Å². The monoisotopic (exact) mass is 433 g/mol. The number of aliphatic imine (C=N–C) groups is 1. The van der Waals surface area contributed by atoms with Gasteiger partial charge in [-0.2, -0.15) is 0 Å². The van der Waals surface area contributed by atoms with Crippen LogP contribution in [0.5, 0.6) is 0 Å². The molecule has 0 saturated heterocycles. The number of carbonyl (C=O) groups excluding carboxylic acids is 2. The number of hydrogen-bond donors (Lipinski definition) is 2. The van der Waals surface area contributed by atoms with Gasteiger partial charge in [-0.15, -0.1) is 0 Å². The molecule has 0 bridgehead atoms. The van der Waals surface area contributed by atoms with Gasteiger partial charge in [-0.1, -0.05) is 12.1 Å². The van der Waals surface area contributed by atoms with Crippen LogP contribution in [-0.4, -0.2) is 59.4 Å². The van der Waals surface area contributed by atoms with Crippen molar-refractivity contribution in [3.8, 4) is 0 Å². The van der Waals surface area contributed by atoms with Crippen LogP contribution in [0.15, 0.2) is 47.5 Å². The van der Waals surface area contributed by atoms with E-state index in [1.54, 1.807) is 11.9 Å². The molecule has 3 heterocycles. The van der Waals surface area contributed by atoms with E-state index < -0.39 is 12.0 Å². The largest absolute Gasteiger partial charge is 0.475 e. The van der Waals surface area contributed by atoms with Crippen LogP contribution in [0.25, 0.3) is 11.0 Å². The molecule has 0 aliphatic carbocycles. The maximum atomic E-state index is 12.7. The van der Waals surface area contributed by atoms with Gasteiger partial charge in [0.2, 0.25) is 11.8 Å². The van der Waals surface area contributed by atoms with E-state index in [0.717, 1.165) is 33.7 Å². The molecule has 2 aromatic carbocycles. The van der Waals surface area contributed by atoms with Gasteiger partial charge in [0.15, 0.2) is 0 Å². The molecule has 164 valence electrons. The van der Waals surface area contributed by atoms with Gasteiger partial charge in [0.25, 0.3) is 0 Å². The molecule has 1 amide bonds. The highest BCUT2D eigenvalue weighted by Gasteiger charge is 2.30. The van der Waals surface area contributed by atoms with Crippen molar-refractivity contribution in [2.45, 2.75) is 25.0 Å². The van der Waals surface area contributed by atoms with E-state index in [1.807, 2.05) is 42.5 Å². The molecular weight excluding hydrogens is 410 g/mol. The van der Waals surface area contributed by atoms with Gasteiger partial charge in [0, 0.05) is 24.8 Å². The Morgan fingerprint density at radius 2 is 2.12 bits per heavy atom. The minimum absolute atomic E-state index is 0.0319. The van der Waals surface area contributed by atoms with Gasteiger partial charge >= 0.3 is 5.97 Å². The molecule has 2 N–H and O–H groups in total. The van der Waals surface area contributed by atoms with Crippen LogP contribution in [0.2, 0.25) is 0 Å². The van der Waals surface area contributed by atoms with E-state index in [-0.39, 0.29) is 18.4 Å². The number of ether oxygens (including phenoxy) is 2. The fraction of sp³-hybridized carbons (Fsp3) is 0.304. The van der Waals surface area contributed by atoms with Crippen LogP contribution in [0.3, 0.4) is 0 Å². The predicted molar refractivity (Wildman–Crippen MR) is 118 cm³/mol. The third kappa shape index (κ3) is 3.66. The molecule has 9 heteroatoms. The average Bonchev–Trinajstić information content (AvgIpc) is 3.43. The lowest BCUT2D eigenvalue weighted by molar-refractivity contribution is -0.143. The zero-order valence-electron chi connectivity index (χ0n) is 17.8. The summed E-state index contributed by atoms with van der Waals surface area (Å²) in [6.45, 7) is 0.817. The fourth-order valence-electron chi connectivity index (χ4n) is 4.04. The topological polar surface area (TPSA) is 109 Å². The van der Waals surface area contributed by atoms with Gasteiger partial charge in [0.1, 0.15) is 24.5 Å². The van der Waals surface area contributed by atoms with E-state index in [4.69, 9.17) is 14.5 Å². The zero-order chi connectivity index (χ0) is 22.2. The summed E-state index contributed by atoms with van der Waals surface area (Å²) in [5.41, 5.74) is 4.42. The molecule has 0 saturated carbocycles. The summed E-state index contributed by atoms with van der Waals surface area (Å²) in [5.74, 6) is 0.721. The summed E-state index contributed by atoms with van der Waals surface area (Å²) in [7, 11) is 3.03. The number of rotatable bonds is 4. The Kier molecular flexibility index (Phi) is 5.01. The number of hydrogen-bond acceptors (Lipinski definition) is 7. The minimum atomic E-state index is -0.669. The molecule has 2 aliphatic heterocycles. The van der Waals surface area contributed by atoms with Crippen molar-refractivity contribution in [2.24, 2.45) is 4.99 Å². The van der Waals surface area contributed by atoms with Gasteiger partial charge in [-0.25, -0.2) is 9.98 Å². The summed E-state index contributed by atoms with van der Waals surface area (Å²) in [6, 6.07) is 12.7. The number of para-hydroxylation sites is 2. The molecule has 0 spiro atoms. The maximum Gasteiger partial charge on any atom is 0.308 e. The number of aromatic amines is 1. The van der Waals surface area contributed by atoms with Gasteiger partial charge in [0.05, 0.1) is 24.6 Å². The maximum absolute atomic E-state index is 12.7. The SMILES string of the molecule is COC(=O)CC1Nc2ccc(C3=NC(c4nc5ccccc5[nH]4)CO3)cc2CN(C)C1=O. The number of anilines is 1. The Bertz CT molecular complexity index is 1200. The smallest absolute Gasteiger partial charge is 0.308 e. The molecule has 5 rings (SSSR count). The second-order valence-electron chi connectivity index (χ2n) is 7.94. The molecule has 2 unspecified atom stereocenters. The van der Waals surface area contributed by atoms with Gasteiger partial charge in [-0.05, 0) is 35.9 Å². The number of benzene rings is 2. The second kappa shape index (κ2) is 7.99. The summed E-state index contributed by atoms with van der Waals surface area (Å²) in [4.78, 5) is 38.7. The zero-order valence-corrected chi connectivity index (χ0v) is 17.8. The molecular formula is C23H23N5O4. The summed E-state index contributed by atoms with van der Waals surface area (Å²) in [6.07, 6.45) is -0.0319. The summed E-state index contributed by atoms with van der Waals surface area (Å²) < 4.78 is 10.6. The van der Waals surface area contributed by atoms with E-state index in [2.05, 4.69) is 15.3 Å². The highest BCUT2D eigenvalue weighted by atomic mass is 16.5. The highest BCUT2D eigenvalue weighted by Crippen LogP contribution is 2.29. The first kappa shape index (κ1) is 20.0. The van der Waals surface area contributed by atoms with Crippen LogP contribution >= 0.6 is 0 Å². The highest BCUT2D eigenvalue weighted by molar-refractivity contribution is 5.96. The van der Waals surface area contributed by atoms with Crippen molar-refractivity contribution in [1.82, 2.24) is 14.9 Å². The quantitative estimate of drug-likeness (QED) is 0.612. The number of H-pyrrole nitrogens is 1. The van der Waals surface area contributed by atoms with Crippen LogP contribution in [-0.2, 0) is 25.6 Å². The number of nitrogens with one attached hydrogen (secondary N) is 2. The van der Waals surface area contributed by atoms with Crippen molar-refractivity contribution < 1.29 is 19.1 Å². The number of aromatic nitrogens is 2. The standard InChI is InChI=1S/C23H23N5O4/c1-28-11-14-9-13(7-8-15(14)24-18(23(28)30)10-20(29)31-2)22-27-19(12-32-22)21-25-16-5-3-4-6-17(16)26-21/h3-9,18-19,24H,10-12H2,1-2H3,(H,25,26). The lowest BCUT2D eigenvalue weighted by atomic mass is 10.1. The van der Waals surface area contributed by atoms with Crippen molar-refractivity contribution in [3.63, 3.8) is 0 Å². The number of methoxy groups -OCH3 is 1. The number of likely N-dealkylation sites (N-methyl/N-ethyl adjacent to an activating group) is 1. The molecule has 2 aliphatic rings. The molecule has 32 heavy (non-hydrogen) atoms. The first-order valence-electron chi connectivity index (χ1n) is 10.4.